The summed E-state index contributed by atoms with van der Waals surface area (Å²) in [6, 6.07) is 16.5. The van der Waals surface area contributed by atoms with Crippen LogP contribution in [0.3, 0.4) is 0 Å². The fourth-order valence-corrected chi connectivity index (χ4v) is 3.71. The van der Waals surface area contributed by atoms with Crippen LogP contribution in [-0.2, 0) is 19.3 Å². The summed E-state index contributed by atoms with van der Waals surface area (Å²) < 4.78 is 41.5. The van der Waals surface area contributed by atoms with Crippen LogP contribution < -0.4 is 0 Å². The summed E-state index contributed by atoms with van der Waals surface area (Å²) in [5.74, 6) is 3.57. The number of nitrogens with zero attached hydrogens (tertiary/aromatic N) is 1. The smallest absolute Gasteiger partial charge is 0.159 e. The van der Waals surface area contributed by atoms with Crippen LogP contribution in [0.15, 0.2) is 79.0 Å². The second-order valence-corrected chi connectivity index (χ2v) is 8.16. The van der Waals surface area contributed by atoms with E-state index in [1.807, 2.05) is 31.3 Å². The summed E-state index contributed by atoms with van der Waals surface area (Å²) in [6.45, 7) is 2.02. The minimum atomic E-state index is -0.908. The predicted molar refractivity (Wildman–Crippen MR) is 131 cm³/mol. The van der Waals surface area contributed by atoms with E-state index in [9.17, 15) is 13.2 Å². The van der Waals surface area contributed by atoms with Gasteiger partial charge >= 0.3 is 0 Å². The number of halogens is 3. The zero-order valence-electron chi connectivity index (χ0n) is 18.9. The van der Waals surface area contributed by atoms with E-state index in [2.05, 4.69) is 29.0 Å². The van der Waals surface area contributed by atoms with Gasteiger partial charge in [0.25, 0.3) is 0 Å². The Hall–Kier alpha value is -3.84. The third kappa shape index (κ3) is 5.94. The van der Waals surface area contributed by atoms with Gasteiger partial charge in [0.2, 0.25) is 0 Å². The van der Waals surface area contributed by atoms with Gasteiger partial charge < -0.3 is 0 Å². The van der Waals surface area contributed by atoms with Gasteiger partial charge in [-0.1, -0.05) is 42.2 Å². The van der Waals surface area contributed by atoms with Gasteiger partial charge in [0.1, 0.15) is 5.82 Å². The molecule has 0 fully saturated rings. The molecule has 0 aliphatic heterocycles. The molecule has 1 nitrogen and oxygen atoms in total. The van der Waals surface area contributed by atoms with Crippen molar-refractivity contribution >= 4 is 10.8 Å². The van der Waals surface area contributed by atoms with E-state index in [1.165, 1.54) is 11.6 Å². The Morgan fingerprint density at radius 3 is 2.26 bits per heavy atom. The lowest BCUT2D eigenvalue weighted by Gasteiger charge is -2.05. The molecule has 0 spiro atoms. The number of benzene rings is 3. The van der Waals surface area contributed by atoms with Gasteiger partial charge in [0, 0.05) is 17.5 Å². The second-order valence-electron chi connectivity index (χ2n) is 8.16. The number of allylic oxidation sites excluding steroid dienone is 2. The van der Waals surface area contributed by atoms with Crippen LogP contribution in [0.2, 0.25) is 0 Å². The fourth-order valence-electron chi connectivity index (χ4n) is 3.71. The molecule has 0 saturated carbocycles. The lowest BCUT2D eigenvalue weighted by atomic mass is 10.0. The fraction of sp³-hybridized carbons (Fsp3) is 0.167. The molecule has 0 aliphatic carbocycles. The zero-order chi connectivity index (χ0) is 23.9. The van der Waals surface area contributed by atoms with Crippen LogP contribution in [-0.4, -0.2) is 4.98 Å². The molecule has 1 heterocycles. The summed E-state index contributed by atoms with van der Waals surface area (Å²) in [7, 11) is 0. The van der Waals surface area contributed by atoms with Crippen LogP contribution in [0.5, 0.6) is 0 Å². The number of hydrogen-bond donors (Lipinski definition) is 0. The Labute approximate surface area is 198 Å². The number of pyridine rings is 1. The summed E-state index contributed by atoms with van der Waals surface area (Å²) >= 11 is 0. The quantitative estimate of drug-likeness (QED) is 0.219. The molecule has 4 heteroatoms. The molecule has 4 aromatic rings. The van der Waals surface area contributed by atoms with Gasteiger partial charge in [-0.2, -0.15) is 0 Å². The molecular weight excluding hydrogens is 431 g/mol. The average molecular weight is 456 g/mol. The summed E-state index contributed by atoms with van der Waals surface area (Å²) in [6.07, 6.45) is 9.49. The third-order valence-corrected chi connectivity index (χ3v) is 5.65. The third-order valence-electron chi connectivity index (χ3n) is 5.65. The molecule has 4 rings (SSSR count). The maximum absolute atomic E-state index is 14.6. The van der Waals surface area contributed by atoms with Crippen LogP contribution in [0, 0.1) is 29.3 Å². The van der Waals surface area contributed by atoms with E-state index in [0.29, 0.717) is 22.8 Å². The Bertz CT molecular complexity index is 1390. The van der Waals surface area contributed by atoms with Crippen LogP contribution in [0.4, 0.5) is 13.2 Å². The van der Waals surface area contributed by atoms with Crippen LogP contribution in [0.1, 0.15) is 41.3 Å². The highest BCUT2D eigenvalue weighted by Gasteiger charge is 2.05. The Morgan fingerprint density at radius 1 is 0.735 bits per heavy atom. The van der Waals surface area contributed by atoms with E-state index in [1.54, 1.807) is 24.3 Å². The normalized spacial score (nSPS) is 11.1. The van der Waals surface area contributed by atoms with Gasteiger partial charge in [-0.3, -0.25) is 4.98 Å². The molecule has 0 saturated heterocycles. The molecule has 34 heavy (non-hydrogen) atoms. The Morgan fingerprint density at radius 2 is 1.53 bits per heavy atom. The number of aromatic nitrogens is 1. The van der Waals surface area contributed by atoms with Gasteiger partial charge in [0.15, 0.2) is 11.6 Å². The largest absolute Gasteiger partial charge is 0.261 e. The highest BCUT2D eigenvalue weighted by Crippen LogP contribution is 2.20. The molecule has 0 N–H and O–H groups in total. The molecule has 0 amide bonds. The van der Waals surface area contributed by atoms with E-state index in [0.717, 1.165) is 42.7 Å². The van der Waals surface area contributed by atoms with E-state index in [-0.39, 0.29) is 11.4 Å². The molecule has 0 atom stereocenters. The van der Waals surface area contributed by atoms with Crippen molar-refractivity contribution in [1.82, 2.24) is 4.98 Å². The summed E-state index contributed by atoms with van der Waals surface area (Å²) in [4.78, 5) is 4.52. The van der Waals surface area contributed by atoms with Crippen molar-refractivity contribution in [2.75, 3.05) is 0 Å². The highest BCUT2D eigenvalue weighted by atomic mass is 19.2. The number of fused-ring (bicyclic) bond motifs is 1. The summed E-state index contributed by atoms with van der Waals surface area (Å²) in [5, 5.41) is 1.12. The van der Waals surface area contributed by atoms with Crippen molar-refractivity contribution in [2.24, 2.45) is 0 Å². The van der Waals surface area contributed by atoms with Crippen molar-refractivity contribution in [3.63, 3.8) is 0 Å². The van der Waals surface area contributed by atoms with Crippen molar-refractivity contribution < 1.29 is 13.2 Å². The predicted octanol–water partition coefficient (Wildman–Crippen LogP) is 7.35. The first-order valence-electron chi connectivity index (χ1n) is 11.3. The van der Waals surface area contributed by atoms with Crippen LogP contribution in [0.25, 0.3) is 10.8 Å². The molecule has 0 radical (unpaired) electrons. The molecular formula is C30H24F3N. The minimum absolute atomic E-state index is 0.290. The first-order valence-corrected chi connectivity index (χ1v) is 11.3. The average Bonchev–Trinajstić information content (AvgIpc) is 2.84. The lowest BCUT2D eigenvalue weighted by molar-refractivity contribution is 0.511. The summed E-state index contributed by atoms with van der Waals surface area (Å²) in [5.41, 5.74) is 3.95. The Kier molecular flexibility index (Phi) is 7.44. The van der Waals surface area contributed by atoms with Gasteiger partial charge in [-0.15, -0.1) is 0 Å². The van der Waals surface area contributed by atoms with E-state index < -0.39 is 11.6 Å². The van der Waals surface area contributed by atoms with Gasteiger partial charge in [-0.25, -0.2) is 13.2 Å². The monoisotopic (exact) mass is 455 g/mol. The highest BCUT2D eigenvalue weighted by molar-refractivity contribution is 5.84. The molecule has 0 aliphatic rings. The van der Waals surface area contributed by atoms with E-state index in [4.69, 9.17) is 0 Å². The maximum Gasteiger partial charge on any atom is 0.159 e. The lowest BCUT2D eigenvalue weighted by Crippen LogP contribution is -1.97. The zero-order valence-corrected chi connectivity index (χ0v) is 18.9. The standard InChI is InChI=1S/C30H24F3N/c1-2-3-4-5-23-10-15-27(34-20-23)14-9-22-7-12-24(28(31)17-22)11-6-21-8-13-25-18-29(32)30(33)19-26(25)16-21/h2-3,7-8,10,12-13,15-20H,4-5,9,14H2,1H3/b3-2+. The van der Waals surface area contributed by atoms with Crippen molar-refractivity contribution in [1.29, 1.82) is 0 Å². The minimum Gasteiger partial charge on any atom is -0.261 e. The maximum atomic E-state index is 14.6. The molecule has 0 unspecified atom stereocenters. The topological polar surface area (TPSA) is 12.9 Å². The second kappa shape index (κ2) is 10.9. The number of hydrogen-bond acceptors (Lipinski definition) is 1. The van der Waals surface area contributed by atoms with Gasteiger partial charge in [0.05, 0.1) is 5.56 Å². The molecule has 3 aromatic carbocycles. The van der Waals surface area contributed by atoms with Crippen molar-refractivity contribution in [3.8, 4) is 11.8 Å². The molecule has 1 aromatic heterocycles. The number of rotatable bonds is 6. The van der Waals surface area contributed by atoms with Crippen molar-refractivity contribution in [2.45, 2.75) is 32.6 Å². The van der Waals surface area contributed by atoms with Crippen LogP contribution >= 0.6 is 0 Å². The number of aryl methyl sites for hydroxylation is 3. The SMILES string of the molecule is C/C=C/CCc1ccc(CCc2ccc(C#Cc3ccc4cc(F)c(F)cc4c3)c(F)c2)nc1. The molecule has 0 bridgehead atoms. The van der Waals surface area contributed by atoms with E-state index >= 15 is 0 Å². The first-order chi connectivity index (χ1) is 16.5. The van der Waals surface area contributed by atoms with Gasteiger partial charge in [-0.05, 0) is 97.0 Å². The molecule has 170 valence electrons. The first kappa shape index (κ1) is 23.3. The Balaban J connectivity index is 1.40. The van der Waals surface area contributed by atoms with Crippen molar-refractivity contribution in [3.05, 3.63) is 124 Å².